The topological polar surface area (TPSA) is 88.2 Å². The van der Waals surface area contributed by atoms with Crippen molar-refractivity contribution in [1.82, 2.24) is 4.90 Å². The second-order valence-electron chi connectivity index (χ2n) is 4.51. The van der Waals surface area contributed by atoms with E-state index in [4.69, 9.17) is 15.7 Å². The van der Waals surface area contributed by atoms with Crippen LogP contribution in [0.25, 0.3) is 0 Å². The number of carbonyl (C=O) groups is 1. The summed E-state index contributed by atoms with van der Waals surface area (Å²) < 4.78 is 5.03. The average Bonchev–Trinajstić information content (AvgIpc) is 2.28. The van der Waals surface area contributed by atoms with Gasteiger partial charge in [-0.1, -0.05) is 5.16 Å². The van der Waals surface area contributed by atoms with Gasteiger partial charge in [-0.25, -0.2) is 0 Å². The number of nitrogens with zero attached hydrogens (tertiary/aromatic N) is 2. The van der Waals surface area contributed by atoms with Crippen LogP contribution in [0.4, 0.5) is 0 Å². The van der Waals surface area contributed by atoms with Crippen molar-refractivity contribution in [3.05, 3.63) is 0 Å². The van der Waals surface area contributed by atoms with Crippen LogP contribution in [-0.4, -0.2) is 48.2 Å². The maximum Gasteiger partial charge on any atom is 0.236 e. The van der Waals surface area contributed by atoms with Gasteiger partial charge in [0.15, 0.2) is 5.84 Å². The smallest absolute Gasteiger partial charge is 0.236 e. The van der Waals surface area contributed by atoms with Crippen LogP contribution in [0.2, 0.25) is 0 Å². The first kappa shape index (κ1) is 15.7. The van der Waals surface area contributed by atoms with Gasteiger partial charge in [0.25, 0.3) is 0 Å². The number of rotatable bonds is 6. The maximum atomic E-state index is 12.3. The van der Waals surface area contributed by atoms with E-state index in [1.807, 2.05) is 13.8 Å². The number of amides is 1. The molecule has 100 valence electrons. The lowest BCUT2D eigenvalue weighted by molar-refractivity contribution is -0.140. The van der Waals surface area contributed by atoms with Crippen molar-refractivity contribution >= 4 is 11.7 Å². The molecule has 0 spiro atoms. The Bertz CT molecular complexity index is 290. The summed E-state index contributed by atoms with van der Waals surface area (Å²) in [7, 11) is 1.59. The fourth-order valence-electron chi connectivity index (χ4n) is 1.58. The van der Waals surface area contributed by atoms with Crippen molar-refractivity contribution < 1.29 is 14.7 Å². The van der Waals surface area contributed by atoms with Crippen molar-refractivity contribution in [2.45, 2.75) is 33.7 Å². The molecule has 0 aliphatic rings. The molecule has 0 aromatic rings. The number of hydrogen-bond donors (Lipinski definition) is 2. The lowest BCUT2D eigenvalue weighted by Crippen LogP contribution is -2.51. The van der Waals surface area contributed by atoms with Gasteiger partial charge in [0, 0.05) is 13.7 Å². The molecule has 0 radical (unpaired) electrons. The van der Waals surface area contributed by atoms with Gasteiger partial charge in [0.05, 0.1) is 12.6 Å². The van der Waals surface area contributed by atoms with E-state index >= 15 is 0 Å². The molecule has 0 fully saturated rings. The summed E-state index contributed by atoms with van der Waals surface area (Å²) >= 11 is 0. The molecule has 6 nitrogen and oxygen atoms in total. The van der Waals surface area contributed by atoms with E-state index < -0.39 is 5.41 Å². The van der Waals surface area contributed by atoms with Gasteiger partial charge in [0.1, 0.15) is 5.41 Å². The summed E-state index contributed by atoms with van der Waals surface area (Å²) in [4.78, 5) is 14.0. The maximum absolute atomic E-state index is 12.3. The molecule has 0 saturated carbocycles. The highest BCUT2D eigenvalue weighted by Crippen LogP contribution is 2.20. The lowest BCUT2D eigenvalue weighted by atomic mass is 9.89. The molecule has 17 heavy (non-hydrogen) atoms. The summed E-state index contributed by atoms with van der Waals surface area (Å²) in [6.45, 7) is 8.04. The zero-order valence-electron chi connectivity index (χ0n) is 11.2. The van der Waals surface area contributed by atoms with Crippen LogP contribution in [0.15, 0.2) is 5.16 Å². The minimum atomic E-state index is -1.02. The molecular formula is C11H23N3O3. The van der Waals surface area contributed by atoms with Crippen LogP contribution in [0.3, 0.4) is 0 Å². The summed E-state index contributed by atoms with van der Waals surface area (Å²) in [5, 5.41) is 11.6. The summed E-state index contributed by atoms with van der Waals surface area (Å²) in [6, 6.07) is -0.0525. The first-order valence-electron chi connectivity index (χ1n) is 5.60. The van der Waals surface area contributed by atoms with Crippen LogP contribution >= 0.6 is 0 Å². The van der Waals surface area contributed by atoms with Gasteiger partial charge in [-0.2, -0.15) is 0 Å². The quantitative estimate of drug-likeness (QED) is 0.311. The first-order valence-corrected chi connectivity index (χ1v) is 5.60. The van der Waals surface area contributed by atoms with E-state index in [0.717, 1.165) is 0 Å². The first-order chi connectivity index (χ1) is 7.82. The van der Waals surface area contributed by atoms with Gasteiger partial charge in [-0.3, -0.25) is 4.79 Å². The second kappa shape index (κ2) is 6.44. The Morgan fingerprint density at radius 2 is 2.12 bits per heavy atom. The molecule has 0 saturated heterocycles. The van der Waals surface area contributed by atoms with Crippen LogP contribution < -0.4 is 5.73 Å². The van der Waals surface area contributed by atoms with E-state index in [9.17, 15) is 4.79 Å². The average molecular weight is 245 g/mol. The molecule has 0 aromatic carbocycles. The summed E-state index contributed by atoms with van der Waals surface area (Å²) in [5.74, 6) is -0.273. The predicted molar refractivity (Wildman–Crippen MR) is 65.9 cm³/mol. The Morgan fingerprint density at radius 3 is 2.47 bits per heavy atom. The zero-order chi connectivity index (χ0) is 13.6. The molecule has 6 heteroatoms. The number of nitrogens with two attached hydrogens (primary N) is 1. The summed E-state index contributed by atoms with van der Waals surface area (Å²) in [6.07, 6.45) is 0. The van der Waals surface area contributed by atoms with Crippen LogP contribution in [0.5, 0.6) is 0 Å². The second-order valence-corrected chi connectivity index (χ2v) is 4.51. The van der Waals surface area contributed by atoms with Crippen molar-refractivity contribution in [2.24, 2.45) is 16.3 Å². The number of methoxy groups -OCH3 is 1. The Labute approximate surface area is 102 Å². The number of likely N-dealkylation sites (N-methyl/N-ethyl adjacent to an activating group) is 1. The van der Waals surface area contributed by atoms with Crippen molar-refractivity contribution in [2.75, 3.05) is 20.3 Å². The zero-order valence-corrected chi connectivity index (χ0v) is 11.2. The van der Waals surface area contributed by atoms with Crippen molar-refractivity contribution in [3.63, 3.8) is 0 Å². The minimum absolute atomic E-state index is 0.0525. The Morgan fingerprint density at radius 1 is 1.59 bits per heavy atom. The van der Waals surface area contributed by atoms with Crippen molar-refractivity contribution in [3.8, 4) is 0 Å². The van der Waals surface area contributed by atoms with Gasteiger partial charge >= 0.3 is 0 Å². The van der Waals surface area contributed by atoms with Gasteiger partial charge in [-0.05, 0) is 27.7 Å². The number of amidine groups is 1. The van der Waals surface area contributed by atoms with E-state index in [0.29, 0.717) is 13.2 Å². The number of ether oxygens (including phenoxy) is 1. The highest BCUT2D eigenvalue weighted by molar-refractivity contribution is 6.05. The minimum Gasteiger partial charge on any atom is -0.409 e. The van der Waals surface area contributed by atoms with Crippen LogP contribution in [0, 0.1) is 5.41 Å². The SMILES string of the molecule is CCN(C(=O)C(C)(C)C(N)=NO)C(C)COC. The van der Waals surface area contributed by atoms with Crippen molar-refractivity contribution in [1.29, 1.82) is 0 Å². The monoisotopic (exact) mass is 245 g/mol. The molecule has 0 bridgehead atoms. The van der Waals surface area contributed by atoms with Gasteiger partial charge in [-0.15, -0.1) is 0 Å². The van der Waals surface area contributed by atoms with Gasteiger partial charge < -0.3 is 20.6 Å². The molecule has 0 aliphatic heterocycles. The van der Waals surface area contributed by atoms with Crippen LogP contribution in [0.1, 0.15) is 27.7 Å². The Hall–Kier alpha value is -1.30. The molecule has 1 amide bonds. The molecule has 0 rings (SSSR count). The molecule has 1 unspecified atom stereocenters. The fourth-order valence-corrected chi connectivity index (χ4v) is 1.58. The summed E-state index contributed by atoms with van der Waals surface area (Å²) in [5.41, 5.74) is 4.52. The number of hydrogen-bond acceptors (Lipinski definition) is 4. The van der Waals surface area contributed by atoms with E-state index in [2.05, 4.69) is 5.16 Å². The van der Waals surface area contributed by atoms with E-state index in [1.54, 1.807) is 25.9 Å². The van der Waals surface area contributed by atoms with E-state index in [1.165, 1.54) is 0 Å². The lowest BCUT2D eigenvalue weighted by Gasteiger charge is -2.34. The highest BCUT2D eigenvalue weighted by atomic mass is 16.5. The number of carbonyl (C=O) groups excluding carboxylic acids is 1. The van der Waals surface area contributed by atoms with Gasteiger partial charge in [0.2, 0.25) is 5.91 Å². The number of oxime groups is 1. The standard InChI is InChI=1S/C11H23N3O3/c1-6-14(8(2)7-17-5)10(15)11(3,4)9(12)13-16/h8,16H,6-7H2,1-5H3,(H2,12,13). The Balaban J connectivity index is 4.98. The highest BCUT2D eigenvalue weighted by Gasteiger charge is 2.37. The molecular weight excluding hydrogens is 222 g/mol. The molecule has 3 N–H and O–H groups in total. The molecule has 0 aromatic heterocycles. The third kappa shape index (κ3) is 3.59. The van der Waals surface area contributed by atoms with Crippen LogP contribution in [-0.2, 0) is 9.53 Å². The molecule has 0 aliphatic carbocycles. The molecule has 1 atom stereocenters. The predicted octanol–water partition coefficient (Wildman–Crippen LogP) is 0.642. The molecule has 0 heterocycles. The Kier molecular flexibility index (Phi) is 5.95. The largest absolute Gasteiger partial charge is 0.409 e. The third-order valence-corrected chi connectivity index (χ3v) is 2.82. The normalized spacial score (nSPS) is 14.5. The fraction of sp³-hybridized carbons (Fsp3) is 0.818. The third-order valence-electron chi connectivity index (χ3n) is 2.82. The van der Waals surface area contributed by atoms with E-state index in [-0.39, 0.29) is 17.8 Å².